The van der Waals surface area contributed by atoms with Crippen LogP contribution in [0.5, 0.6) is 0 Å². The number of aliphatic hydroxyl groups excluding tert-OH is 1. The van der Waals surface area contributed by atoms with Crippen molar-refractivity contribution in [2.75, 3.05) is 19.6 Å². The Labute approximate surface area is 116 Å². The van der Waals surface area contributed by atoms with Crippen molar-refractivity contribution in [2.45, 2.75) is 44.6 Å². The predicted octanol–water partition coefficient (Wildman–Crippen LogP) is 2.81. The Kier molecular flexibility index (Phi) is 3.90. The number of aryl methyl sites for hydroxylation is 1. The molecule has 1 heterocycles. The standard InChI is InChI=1S/C17H25NO/c1-13-11-18(10-9-17(13)19)12-15-7-4-6-14-5-2-3-8-16(14)15/h2-3,5,8,13,15,17,19H,4,6-7,9-12H2,1H3. The zero-order valence-corrected chi connectivity index (χ0v) is 11.9. The van der Waals surface area contributed by atoms with Crippen molar-refractivity contribution in [2.24, 2.45) is 5.92 Å². The summed E-state index contributed by atoms with van der Waals surface area (Å²) in [5, 5.41) is 9.83. The van der Waals surface area contributed by atoms with Crippen LogP contribution in [-0.2, 0) is 6.42 Å². The number of rotatable bonds is 2. The molecule has 1 aliphatic carbocycles. The van der Waals surface area contributed by atoms with E-state index in [2.05, 4.69) is 36.1 Å². The molecule has 0 spiro atoms. The Balaban J connectivity index is 1.68. The van der Waals surface area contributed by atoms with Crippen LogP contribution < -0.4 is 0 Å². The third kappa shape index (κ3) is 2.85. The van der Waals surface area contributed by atoms with Gasteiger partial charge in [0.15, 0.2) is 0 Å². The van der Waals surface area contributed by atoms with Gasteiger partial charge in [-0.25, -0.2) is 0 Å². The fraction of sp³-hybridized carbons (Fsp3) is 0.647. The van der Waals surface area contributed by atoms with E-state index >= 15 is 0 Å². The summed E-state index contributed by atoms with van der Waals surface area (Å²) in [6.45, 7) is 5.46. The topological polar surface area (TPSA) is 23.5 Å². The number of likely N-dealkylation sites (tertiary alicyclic amines) is 1. The molecule has 0 amide bonds. The second-order valence-electron chi connectivity index (χ2n) is 6.38. The molecular weight excluding hydrogens is 234 g/mol. The molecule has 1 fully saturated rings. The lowest BCUT2D eigenvalue weighted by Crippen LogP contribution is -2.43. The van der Waals surface area contributed by atoms with Gasteiger partial charge in [0.1, 0.15) is 0 Å². The van der Waals surface area contributed by atoms with Gasteiger partial charge < -0.3 is 10.0 Å². The molecule has 1 saturated heterocycles. The quantitative estimate of drug-likeness (QED) is 0.883. The zero-order valence-electron chi connectivity index (χ0n) is 11.9. The molecule has 1 aromatic rings. The summed E-state index contributed by atoms with van der Waals surface area (Å²) in [6.07, 6.45) is 4.75. The Morgan fingerprint density at radius 1 is 1.26 bits per heavy atom. The van der Waals surface area contributed by atoms with Crippen molar-refractivity contribution >= 4 is 0 Å². The highest BCUT2D eigenvalue weighted by molar-refractivity contribution is 5.32. The summed E-state index contributed by atoms with van der Waals surface area (Å²) in [7, 11) is 0. The Bertz CT molecular complexity index is 431. The molecule has 0 radical (unpaired) electrons. The first-order valence-corrected chi connectivity index (χ1v) is 7.72. The first-order valence-electron chi connectivity index (χ1n) is 7.72. The van der Waals surface area contributed by atoms with Crippen LogP contribution >= 0.6 is 0 Å². The maximum atomic E-state index is 9.83. The van der Waals surface area contributed by atoms with Crippen LogP contribution in [0, 0.1) is 5.92 Å². The summed E-state index contributed by atoms with van der Waals surface area (Å²) in [6, 6.07) is 8.96. The van der Waals surface area contributed by atoms with Crippen molar-refractivity contribution in [3.8, 4) is 0 Å². The first kappa shape index (κ1) is 13.1. The van der Waals surface area contributed by atoms with E-state index in [1.807, 2.05) is 0 Å². The average Bonchev–Trinajstić information content (AvgIpc) is 2.43. The fourth-order valence-electron chi connectivity index (χ4n) is 3.74. The molecule has 19 heavy (non-hydrogen) atoms. The predicted molar refractivity (Wildman–Crippen MR) is 78.3 cm³/mol. The number of piperidine rings is 1. The van der Waals surface area contributed by atoms with E-state index in [4.69, 9.17) is 0 Å². The van der Waals surface area contributed by atoms with Crippen LogP contribution in [0.4, 0.5) is 0 Å². The molecule has 3 rings (SSSR count). The number of fused-ring (bicyclic) bond motifs is 1. The van der Waals surface area contributed by atoms with E-state index < -0.39 is 0 Å². The van der Waals surface area contributed by atoms with E-state index in [1.54, 1.807) is 11.1 Å². The third-order valence-electron chi connectivity index (χ3n) is 4.92. The van der Waals surface area contributed by atoms with Gasteiger partial charge in [0.05, 0.1) is 6.10 Å². The van der Waals surface area contributed by atoms with E-state index in [9.17, 15) is 5.11 Å². The highest BCUT2D eigenvalue weighted by Crippen LogP contribution is 2.32. The monoisotopic (exact) mass is 259 g/mol. The van der Waals surface area contributed by atoms with Gasteiger partial charge in [-0.3, -0.25) is 0 Å². The van der Waals surface area contributed by atoms with Crippen molar-refractivity contribution in [1.29, 1.82) is 0 Å². The van der Waals surface area contributed by atoms with Gasteiger partial charge in [0, 0.05) is 19.6 Å². The van der Waals surface area contributed by atoms with Gasteiger partial charge in [-0.1, -0.05) is 31.2 Å². The number of nitrogens with zero attached hydrogens (tertiary/aromatic N) is 1. The maximum absolute atomic E-state index is 9.83. The van der Waals surface area contributed by atoms with Crippen LogP contribution in [0.1, 0.15) is 43.2 Å². The lowest BCUT2D eigenvalue weighted by molar-refractivity contribution is 0.0321. The molecule has 0 aromatic heterocycles. The van der Waals surface area contributed by atoms with Crippen LogP contribution in [-0.4, -0.2) is 35.7 Å². The number of hydrogen-bond donors (Lipinski definition) is 1. The smallest absolute Gasteiger partial charge is 0.0590 e. The minimum absolute atomic E-state index is 0.0881. The van der Waals surface area contributed by atoms with Gasteiger partial charge in [-0.2, -0.15) is 0 Å². The van der Waals surface area contributed by atoms with Crippen LogP contribution in [0.3, 0.4) is 0 Å². The van der Waals surface area contributed by atoms with Crippen molar-refractivity contribution in [1.82, 2.24) is 4.90 Å². The largest absolute Gasteiger partial charge is 0.393 e. The summed E-state index contributed by atoms with van der Waals surface area (Å²) in [4.78, 5) is 2.56. The molecule has 0 bridgehead atoms. The number of benzene rings is 1. The number of aliphatic hydroxyl groups is 1. The van der Waals surface area contributed by atoms with Gasteiger partial charge in [0.25, 0.3) is 0 Å². The summed E-state index contributed by atoms with van der Waals surface area (Å²) in [5.41, 5.74) is 3.14. The molecule has 0 saturated carbocycles. The van der Waals surface area contributed by atoms with E-state index in [0.29, 0.717) is 11.8 Å². The van der Waals surface area contributed by atoms with Crippen molar-refractivity contribution in [3.05, 3.63) is 35.4 Å². The van der Waals surface area contributed by atoms with E-state index in [1.165, 1.54) is 25.8 Å². The molecule has 1 N–H and O–H groups in total. The Morgan fingerprint density at radius 3 is 2.95 bits per heavy atom. The molecular formula is C17H25NO. The summed E-state index contributed by atoms with van der Waals surface area (Å²) >= 11 is 0. The van der Waals surface area contributed by atoms with Crippen LogP contribution in [0.15, 0.2) is 24.3 Å². The lowest BCUT2D eigenvalue weighted by atomic mass is 9.82. The molecule has 3 atom stereocenters. The molecule has 104 valence electrons. The highest BCUT2D eigenvalue weighted by Gasteiger charge is 2.27. The van der Waals surface area contributed by atoms with Gasteiger partial charge in [-0.05, 0) is 48.6 Å². The van der Waals surface area contributed by atoms with Gasteiger partial charge >= 0.3 is 0 Å². The molecule has 1 aromatic carbocycles. The van der Waals surface area contributed by atoms with Crippen LogP contribution in [0.25, 0.3) is 0 Å². The molecule has 2 nitrogen and oxygen atoms in total. The van der Waals surface area contributed by atoms with E-state index in [0.717, 1.165) is 19.5 Å². The summed E-state index contributed by atoms with van der Waals surface area (Å²) in [5.74, 6) is 1.12. The SMILES string of the molecule is CC1CN(CC2CCCc3ccccc32)CCC1O. The Hall–Kier alpha value is -0.860. The molecule has 1 aliphatic heterocycles. The highest BCUT2D eigenvalue weighted by atomic mass is 16.3. The molecule has 2 heteroatoms. The second kappa shape index (κ2) is 5.64. The molecule has 3 unspecified atom stereocenters. The number of hydrogen-bond acceptors (Lipinski definition) is 2. The van der Waals surface area contributed by atoms with Gasteiger partial charge in [0.2, 0.25) is 0 Å². The Morgan fingerprint density at radius 2 is 2.11 bits per heavy atom. The summed E-state index contributed by atoms with van der Waals surface area (Å²) < 4.78 is 0. The van der Waals surface area contributed by atoms with Crippen molar-refractivity contribution < 1.29 is 5.11 Å². The first-order chi connectivity index (χ1) is 9.24. The zero-order chi connectivity index (χ0) is 13.2. The normalized spacial score (nSPS) is 32.0. The maximum Gasteiger partial charge on any atom is 0.0590 e. The fourth-order valence-corrected chi connectivity index (χ4v) is 3.74. The average molecular weight is 259 g/mol. The lowest BCUT2D eigenvalue weighted by Gasteiger charge is -2.37. The van der Waals surface area contributed by atoms with Gasteiger partial charge in [-0.15, -0.1) is 0 Å². The second-order valence-corrected chi connectivity index (χ2v) is 6.38. The minimum Gasteiger partial charge on any atom is -0.393 e. The van der Waals surface area contributed by atoms with E-state index in [-0.39, 0.29) is 6.10 Å². The third-order valence-corrected chi connectivity index (χ3v) is 4.92. The van der Waals surface area contributed by atoms with Crippen LogP contribution in [0.2, 0.25) is 0 Å². The molecule has 2 aliphatic rings. The minimum atomic E-state index is -0.0881. The van der Waals surface area contributed by atoms with Crippen molar-refractivity contribution in [3.63, 3.8) is 0 Å².